The van der Waals surface area contributed by atoms with E-state index in [0.29, 0.717) is 13.1 Å². The van der Waals surface area contributed by atoms with Crippen molar-refractivity contribution >= 4 is 11.8 Å². The second-order valence-electron chi connectivity index (χ2n) is 6.59. The number of primary amides is 1. The first kappa shape index (κ1) is 16.9. The molecule has 3 heterocycles. The van der Waals surface area contributed by atoms with Crippen molar-refractivity contribution in [2.24, 2.45) is 5.73 Å². The van der Waals surface area contributed by atoms with Crippen LogP contribution in [0, 0.1) is 0 Å². The summed E-state index contributed by atoms with van der Waals surface area (Å²) in [7, 11) is 0. The first-order valence-corrected chi connectivity index (χ1v) is 8.57. The molecule has 0 spiro atoms. The SMILES string of the molecule is NC(=O)c1cc([C@H]2CCCN(CC(=O)NC[C@@H]3CCCO3)C2)[nH]n1. The minimum atomic E-state index is -0.529. The zero-order valence-electron chi connectivity index (χ0n) is 13.8. The van der Waals surface area contributed by atoms with E-state index in [1.54, 1.807) is 6.07 Å². The number of H-pyrrole nitrogens is 1. The molecule has 4 N–H and O–H groups in total. The highest BCUT2D eigenvalue weighted by atomic mass is 16.5. The Hall–Kier alpha value is -1.93. The van der Waals surface area contributed by atoms with Crippen LogP contribution in [0.3, 0.4) is 0 Å². The largest absolute Gasteiger partial charge is 0.376 e. The zero-order valence-corrected chi connectivity index (χ0v) is 13.8. The number of hydrogen-bond donors (Lipinski definition) is 3. The maximum Gasteiger partial charge on any atom is 0.269 e. The van der Waals surface area contributed by atoms with Crippen LogP contribution in [0.1, 0.15) is 47.8 Å². The lowest BCUT2D eigenvalue weighted by molar-refractivity contribution is -0.123. The number of rotatable bonds is 6. The molecule has 8 heteroatoms. The maximum atomic E-state index is 12.1. The van der Waals surface area contributed by atoms with Gasteiger partial charge < -0.3 is 15.8 Å². The van der Waals surface area contributed by atoms with Crippen LogP contribution in [0.4, 0.5) is 0 Å². The van der Waals surface area contributed by atoms with E-state index in [9.17, 15) is 9.59 Å². The summed E-state index contributed by atoms with van der Waals surface area (Å²) in [4.78, 5) is 25.4. The molecule has 8 nitrogen and oxygen atoms in total. The number of aromatic nitrogens is 2. The van der Waals surface area contributed by atoms with Gasteiger partial charge in [-0.1, -0.05) is 0 Å². The molecule has 0 radical (unpaired) electrons. The maximum absolute atomic E-state index is 12.1. The van der Waals surface area contributed by atoms with Gasteiger partial charge in [0.1, 0.15) is 5.69 Å². The Bertz CT molecular complexity index is 582. The summed E-state index contributed by atoms with van der Waals surface area (Å²) in [5.74, 6) is -0.252. The van der Waals surface area contributed by atoms with E-state index in [-0.39, 0.29) is 23.6 Å². The number of ether oxygens (including phenoxy) is 1. The van der Waals surface area contributed by atoms with Gasteiger partial charge in [0.2, 0.25) is 5.91 Å². The van der Waals surface area contributed by atoms with Crippen LogP contribution in [-0.4, -0.2) is 65.8 Å². The summed E-state index contributed by atoms with van der Waals surface area (Å²) >= 11 is 0. The van der Waals surface area contributed by atoms with Crippen LogP contribution < -0.4 is 11.1 Å². The minimum absolute atomic E-state index is 0.0357. The number of hydrogen-bond acceptors (Lipinski definition) is 5. The molecule has 0 bridgehead atoms. The number of amides is 2. The van der Waals surface area contributed by atoms with Crippen molar-refractivity contribution in [2.75, 3.05) is 32.8 Å². The lowest BCUT2D eigenvalue weighted by atomic mass is 9.94. The second kappa shape index (κ2) is 7.76. The van der Waals surface area contributed by atoms with Gasteiger partial charge in [-0.15, -0.1) is 0 Å². The number of carbonyl (C=O) groups excluding carboxylic acids is 2. The number of nitrogens with zero attached hydrogens (tertiary/aromatic N) is 2. The Morgan fingerprint density at radius 1 is 1.42 bits per heavy atom. The lowest BCUT2D eigenvalue weighted by Crippen LogP contribution is -2.43. The Labute approximate surface area is 141 Å². The molecular formula is C16H25N5O3. The number of aromatic amines is 1. The molecule has 0 aromatic carbocycles. The van der Waals surface area contributed by atoms with Crippen molar-refractivity contribution in [3.8, 4) is 0 Å². The van der Waals surface area contributed by atoms with Crippen LogP contribution >= 0.6 is 0 Å². The third kappa shape index (κ3) is 4.33. The Kier molecular flexibility index (Phi) is 5.47. The molecule has 2 saturated heterocycles. The number of likely N-dealkylation sites (tertiary alicyclic amines) is 1. The van der Waals surface area contributed by atoms with E-state index in [2.05, 4.69) is 20.4 Å². The molecule has 132 valence electrons. The number of piperidine rings is 1. The van der Waals surface area contributed by atoms with Crippen molar-refractivity contribution in [2.45, 2.75) is 37.7 Å². The van der Waals surface area contributed by atoms with Gasteiger partial charge in [0.25, 0.3) is 5.91 Å². The zero-order chi connectivity index (χ0) is 16.9. The Balaban J connectivity index is 1.47. The molecule has 0 saturated carbocycles. The molecule has 24 heavy (non-hydrogen) atoms. The van der Waals surface area contributed by atoms with Crippen molar-refractivity contribution in [3.63, 3.8) is 0 Å². The van der Waals surface area contributed by atoms with Gasteiger partial charge in [0.15, 0.2) is 0 Å². The average molecular weight is 335 g/mol. The van der Waals surface area contributed by atoms with Crippen LogP contribution in [0.25, 0.3) is 0 Å². The van der Waals surface area contributed by atoms with Gasteiger partial charge in [-0.3, -0.25) is 19.6 Å². The van der Waals surface area contributed by atoms with Gasteiger partial charge in [0.05, 0.1) is 12.6 Å². The normalized spacial score (nSPS) is 24.8. The predicted molar refractivity (Wildman–Crippen MR) is 87.5 cm³/mol. The molecule has 1 aromatic rings. The highest BCUT2D eigenvalue weighted by Gasteiger charge is 2.25. The smallest absolute Gasteiger partial charge is 0.269 e. The van der Waals surface area contributed by atoms with Crippen LogP contribution in [0.5, 0.6) is 0 Å². The summed E-state index contributed by atoms with van der Waals surface area (Å²) in [5, 5.41) is 9.80. The van der Waals surface area contributed by atoms with E-state index in [1.165, 1.54) is 0 Å². The van der Waals surface area contributed by atoms with Crippen molar-refractivity contribution < 1.29 is 14.3 Å². The van der Waals surface area contributed by atoms with Crippen LogP contribution in [0.2, 0.25) is 0 Å². The topological polar surface area (TPSA) is 113 Å². The van der Waals surface area contributed by atoms with E-state index >= 15 is 0 Å². The van der Waals surface area contributed by atoms with Crippen LogP contribution in [-0.2, 0) is 9.53 Å². The fourth-order valence-corrected chi connectivity index (χ4v) is 3.42. The molecule has 2 atom stereocenters. The van der Waals surface area contributed by atoms with Crippen molar-refractivity contribution in [3.05, 3.63) is 17.5 Å². The molecule has 2 amide bonds. The fraction of sp³-hybridized carbons (Fsp3) is 0.688. The second-order valence-corrected chi connectivity index (χ2v) is 6.59. The fourth-order valence-electron chi connectivity index (χ4n) is 3.42. The standard InChI is InChI=1S/C16H25N5O3/c17-16(23)14-7-13(19-20-14)11-3-1-5-21(9-11)10-15(22)18-8-12-4-2-6-24-12/h7,11-12H,1-6,8-10H2,(H2,17,23)(H,18,22)(H,19,20)/t11-,12-/m0/s1. The Morgan fingerprint density at radius 2 is 2.29 bits per heavy atom. The number of carbonyl (C=O) groups is 2. The molecule has 0 aliphatic carbocycles. The quantitative estimate of drug-likeness (QED) is 0.676. The van der Waals surface area contributed by atoms with Crippen LogP contribution in [0.15, 0.2) is 6.07 Å². The third-order valence-electron chi connectivity index (χ3n) is 4.71. The van der Waals surface area contributed by atoms with Gasteiger partial charge in [-0.05, 0) is 38.3 Å². The molecule has 2 fully saturated rings. The summed E-state index contributed by atoms with van der Waals surface area (Å²) in [6, 6.07) is 1.72. The van der Waals surface area contributed by atoms with Gasteiger partial charge >= 0.3 is 0 Å². The van der Waals surface area contributed by atoms with E-state index in [0.717, 1.165) is 51.1 Å². The Morgan fingerprint density at radius 3 is 3.00 bits per heavy atom. The molecule has 1 aromatic heterocycles. The predicted octanol–water partition coefficient (Wildman–Crippen LogP) is -0.0168. The summed E-state index contributed by atoms with van der Waals surface area (Å²) in [6.45, 7) is 3.46. The highest BCUT2D eigenvalue weighted by Crippen LogP contribution is 2.25. The monoisotopic (exact) mass is 335 g/mol. The van der Waals surface area contributed by atoms with Gasteiger partial charge in [-0.25, -0.2) is 0 Å². The molecule has 2 aliphatic heterocycles. The first-order chi connectivity index (χ1) is 11.6. The van der Waals surface area contributed by atoms with E-state index < -0.39 is 5.91 Å². The van der Waals surface area contributed by atoms with Crippen molar-refractivity contribution in [1.29, 1.82) is 0 Å². The molecule has 3 rings (SSSR count). The summed E-state index contributed by atoms with van der Waals surface area (Å²) in [5.41, 5.74) is 6.41. The van der Waals surface area contributed by atoms with E-state index in [1.807, 2.05) is 0 Å². The van der Waals surface area contributed by atoms with Gasteiger partial charge in [-0.2, -0.15) is 5.10 Å². The molecule has 0 unspecified atom stereocenters. The molecular weight excluding hydrogens is 310 g/mol. The first-order valence-electron chi connectivity index (χ1n) is 8.57. The lowest BCUT2D eigenvalue weighted by Gasteiger charge is -2.31. The van der Waals surface area contributed by atoms with Gasteiger partial charge in [0, 0.05) is 31.3 Å². The summed E-state index contributed by atoms with van der Waals surface area (Å²) < 4.78 is 5.51. The summed E-state index contributed by atoms with van der Waals surface area (Å²) in [6.07, 6.45) is 4.28. The number of nitrogens with two attached hydrogens (primary N) is 1. The average Bonchev–Trinajstić information content (AvgIpc) is 3.25. The van der Waals surface area contributed by atoms with Crippen molar-refractivity contribution in [1.82, 2.24) is 20.4 Å². The van der Waals surface area contributed by atoms with E-state index in [4.69, 9.17) is 10.5 Å². The third-order valence-corrected chi connectivity index (χ3v) is 4.71. The molecule has 2 aliphatic rings. The highest BCUT2D eigenvalue weighted by molar-refractivity contribution is 5.90. The number of nitrogens with one attached hydrogen (secondary N) is 2. The minimum Gasteiger partial charge on any atom is -0.376 e.